The third-order valence-electron chi connectivity index (χ3n) is 5.44. The van der Waals surface area contributed by atoms with Gasteiger partial charge in [0.2, 0.25) is 0 Å². The van der Waals surface area contributed by atoms with Crippen LogP contribution < -0.4 is 0 Å². The second kappa shape index (κ2) is 12.9. The molecule has 1 heteroatoms. The first-order chi connectivity index (χ1) is 11.9. The minimum atomic E-state index is 0.263. The van der Waals surface area contributed by atoms with E-state index in [0.717, 1.165) is 37.5 Å². The third kappa shape index (κ3) is 12.1. The lowest BCUT2D eigenvalue weighted by Crippen LogP contribution is -2.29. The molecule has 0 heterocycles. The highest BCUT2D eigenvalue weighted by molar-refractivity contribution is 5.83. The molecule has 0 aliphatic rings. The van der Waals surface area contributed by atoms with Gasteiger partial charge in [-0.1, -0.05) is 69.2 Å². The van der Waals surface area contributed by atoms with Crippen molar-refractivity contribution in [3.63, 3.8) is 0 Å². The quantitative estimate of drug-likeness (QED) is 0.304. The second-order valence-electron chi connectivity index (χ2n) is 11.0. The summed E-state index contributed by atoms with van der Waals surface area (Å²) in [4.78, 5) is 13.6. The van der Waals surface area contributed by atoms with Crippen molar-refractivity contribution in [3.05, 3.63) is 0 Å². The molecule has 0 rings (SSSR count). The van der Waals surface area contributed by atoms with Crippen LogP contribution in [-0.2, 0) is 4.79 Å². The zero-order valence-corrected chi connectivity index (χ0v) is 19.8. The lowest BCUT2D eigenvalue weighted by Gasteiger charge is -2.29. The van der Waals surface area contributed by atoms with E-state index in [-0.39, 0.29) is 11.8 Å². The van der Waals surface area contributed by atoms with Gasteiger partial charge in [-0.05, 0) is 74.0 Å². The molecule has 0 aromatic heterocycles. The zero-order valence-electron chi connectivity index (χ0n) is 19.8. The summed E-state index contributed by atoms with van der Waals surface area (Å²) in [5.74, 6) is 5.04. The third-order valence-corrected chi connectivity index (χ3v) is 5.44. The Morgan fingerprint density at radius 1 is 0.462 bits per heavy atom. The number of Topliss-reactive ketones (excluding diaryl/α,β-unsaturated/α-hetero) is 1. The largest absolute Gasteiger partial charge is 0.299 e. The van der Waals surface area contributed by atoms with Crippen LogP contribution in [-0.4, -0.2) is 5.78 Å². The Morgan fingerprint density at radius 2 is 0.731 bits per heavy atom. The first-order valence-corrected chi connectivity index (χ1v) is 11.5. The molecule has 0 aromatic carbocycles. The fourth-order valence-corrected chi connectivity index (χ4v) is 4.90. The van der Waals surface area contributed by atoms with Crippen molar-refractivity contribution in [2.75, 3.05) is 0 Å². The SMILES string of the molecule is CC(C)CC(C)CC(CC(C)C)C(=O)C(CC(C)C)CC(C)CC(C)C. The lowest BCUT2D eigenvalue weighted by molar-refractivity contribution is -0.129. The van der Waals surface area contributed by atoms with Gasteiger partial charge in [0.25, 0.3) is 0 Å². The summed E-state index contributed by atoms with van der Waals surface area (Å²) in [6, 6.07) is 0. The Bertz CT molecular complexity index is 332. The zero-order chi connectivity index (χ0) is 20.4. The first kappa shape index (κ1) is 25.7. The molecule has 0 saturated heterocycles. The van der Waals surface area contributed by atoms with E-state index in [9.17, 15) is 4.79 Å². The summed E-state index contributed by atoms with van der Waals surface area (Å²) in [5, 5.41) is 0. The van der Waals surface area contributed by atoms with Gasteiger partial charge >= 0.3 is 0 Å². The molecule has 0 bridgehead atoms. The van der Waals surface area contributed by atoms with Crippen LogP contribution in [0.2, 0.25) is 0 Å². The van der Waals surface area contributed by atoms with Crippen LogP contribution >= 0.6 is 0 Å². The van der Waals surface area contributed by atoms with E-state index in [1.54, 1.807) is 0 Å². The van der Waals surface area contributed by atoms with E-state index in [1.807, 2.05) is 0 Å². The molecule has 0 N–H and O–H groups in total. The molecule has 26 heavy (non-hydrogen) atoms. The molecular formula is C25H50O. The van der Waals surface area contributed by atoms with E-state index in [4.69, 9.17) is 0 Å². The monoisotopic (exact) mass is 366 g/mol. The number of rotatable bonds is 14. The summed E-state index contributed by atoms with van der Waals surface area (Å²) < 4.78 is 0. The molecule has 0 saturated carbocycles. The van der Waals surface area contributed by atoms with Gasteiger partial charge in [0.1, 0.15) is 5.78 Å². The Labute approximate surface area is 166 Å². The summed E-state index contributed by atoms with van der Waals surface area (Å²) in [6.07, 6.45) is 6.77. The average molecular weight is 367 g/mol. The molecule has 0 amide bonds. The molecule has 156 valence electrons. The molecular weight excluding hydrogens is 316 g/mol. The van der Waals surface area contributed by atoms with E-state index in [2.05, 4.69) is 69.2 Å². The summed E-state index contributed by atoms with van der Waals surface area (Å²) in [7, 11) is 0. The van der Waals surface area contributed by atoms with Crippen molar-refractivity contribution in [2.45, 2.75) is 108 Å². The molecule has 0 radical (unpaired) electrons. The molecule has 4 atom stereocenters. The van der Waals surface area contributed by atoms with E-state index in [0.29, 0.717) is 29.5 Å². The Balaban J connectivity index is 5.18. The van der Waals surface area contributed by atoms with Crippen molar-refractivity contribution in [3.8, 4) is 0 Å². The summed E-state index contributed by atoms with van der Waals surface area (Å²) >= 11 is 0. The molecule has 0 fully saturated rings. The van der Waals surface area contributed by atoms with Crippen molar-refractivity contribution in [2.24, 2.45) is 47.3 Å². The maximum Gasteiger partial charge on any atom is 0.139 e. The summed E-state index contributed by atoms with van der Waals surface area (Å²) in [6.45, 7) is 23.0. The van der Waals surface area contributed by atoms with E-state index in [1.165, 1.54) is 12.8 Å². The van der Waals surface area contributed by atoms with Crippen molar-refractivity contribution < 1.29 is 4.79 Å². The van der Waals surface area contributed by atoms with Crippen LogP contribution in [0.5, 0.6) is 0 Å². The van der Waals surface area contributed by atoms with E-state index < -0.39 is 0 Å². The van der Waals surface area contributed by atoms with Crippen LogP contribution in [0.1, 0.15) is 108 Å². The minimum absolute atomic E-state index is 0.263. The van der Waals surface area contributed by atoms with Crippen molar-refractivity contribution >= 4 is 5.78 Å². The Morgan fingerprint density at radius 3 is 0.962 bits per heavy atom. The summed E-state index contributed by atoms with van der Waals surface area (Å²) in [5.41, 5.74) is 0. The molecule has 0 aliphatic carbocycles. The van der Waals surface area contributed by atoms with Crippen molar-refractivity contribution in [1.29, 1.82) is 0 Å². The molecule has 0 aromatic rings. The fraction of sp³-hybridized carbons (Fsp3) is 0.960. The van der Waals surface area contributed by atoms with E-state index >= 15 is 0 Å². The highest BCUT2D eigenvalue weighted by Gasteiger charge is 2.30. The van der Waals surface area contributed by atoms with Gasteiger partial charge in [-0.3, -0.25) is 4.79 Å². The van der Waals surface area contributed by atoms with Gasteiger partial charge in [-0.25, -0.2) is 0 Å². The predicted molar refractivity (Wildman–Crippen MR) is 117 cm³/mol. The van der Waals surface area contributed by atoms with Crippen LogP contribution in [0.3, 0.4) is 0 Å². The van der Waals surface area contributed by atoms with Crippen molar-refractivity contribution in [1.82, 2.24) is 0 Å². The maximum absolute atomic E-state index is 13.6. The maximum atomic E-state index is 13.6. The van der Waals surface area contributed by atoms with Gasteiger partial charge in [-0.15, -0.1) is 0 Å². The number of hydrogen-bond donors (Lipinski definition) is 0. The Kier molecular flexibility index (Phi) is 12.8. The second-order valence-corrected chi connectivity index (χ2v) is 11.0. The Hall–Kier alpha value is -0.330. The van der Waals surface area contributed by atoms with Gasteiger partial charge in [0.15, 0.2) is 0 Å². The first-order valence-electron chi connectivity index (χ1n) is 11.5. The molecule has 0 aliphatic heterocycles. The fourth-order valence-electron chi connectivity index (χ4n) is 4.90. The highest BCUT2D eigenvalue weighted by Crippen LogP contribution is 2.32. The molecule has 4 unspecified atom stereocenters. The van der Waals surface area contributed by atoms with Crippen LogP contribution in [0.25, 0.3) is 0 Å². The average Bonchev–Trinajstić information content (AvgIpc) is 2.42. The molecule has 0 spiro atoms. The highest BCUT2D eigenvalue weighted by atomic mass is 16.1. The van der Waals surface area contributed by atoms with Gasteiger partial charge < -0.3 is 0 Å². The predicted octanol–water partition coefficient (Wildman–Crippen LogP) is 8.02. The number of carbonyl (C=O) groups excluding carboxylic acids is 1. The smallest absolute Gasteiger partial charge is 0.139 e. The lowest BCUT2D eigenvalue weighted by atomic mass is 9.75. The topological polar surface area (TPSA) is 17.1 Å². The number of hydrogen-bond acceptors (Lipinski definition) is 1. The number of ketones is 1. The minimum Gasteiger partial charge on any atom is -0.299 e. The molecule has 1 nitrogen and oxygen atoms in total. The van der Waals surface area contributed by atoms with Crippen LogP contribution in [0.15, 0.2) is 0 Å². The normalized spacial score (nSPS) is 17.2. The standard InChI is InChI=1S/C25H50O/c1-17(2)11-21(9)15-23(13-19(5)6)25(26)24(14-20(7)8)16-22(10)12-18(3)4/h17-24H,11-16H2,1-10H3. The van der Waals surface area contributed by atoms with Crippen LogP contribution in [0, 0.1) is 47.3 Å². The number of carbonyl (C=O) groups is 1. The van der Waals surface area contributed by atoms with Gasteiger partial charge in [0.05, 0.1) is 0 Å². The van der Waals surface area contributed by atoms with Gasteiger partial charge in [0, 0.05) is 11.8 Å². The van der Waals surface area contributed by atoms with Crippen LogP contribution in [0.4, 0.5) is 0 Å². The van der Waals surface area contributed by atoms with Gasteiger partial charge in [-0.2, -0.15) is 0 Å².